The van der Waals surface area contributed by atoms with E-state index in [1.807, 2.05) is 20.8 Å². The molecular formula is C17H24ClN3O4. The van der Waals surface area contributed by atoms with Crippen LogP contribution in [0.15, 0.2) is 12.3 Å². The minimum atomic E-state index is -1.06. The summed E-state index contributed by atoms with van der Waals surface area (Å²) in [5.74, 6) is -1.06. The molecule has 8 heteroatoms. The number of carboxylic acid groups (broad SMARTS) is 1. The second-order valence-electron chi connectivity index (χ2n) is 7.10. The fourth-order valence-electron chi connectivity index (χ4n) is 2.69. The number of aromatic carboxylic acids is 1. The molecule has 1 atom stereocenters. The van der Waals surface area contributed by atoms with Crippen LogP contribution in [-0.4, -0.2) is 51.8 Å². The molecule has 1 saturated heterocycles. The first-order valence-corrected chi connectivity index (χ1v) is 8.67. The lowest BCUT2D eigenvalue weighted by atomic mass is 10.1. The minimum absolute atomic E-state index is 0.0454. The van der Waals surface area contributed by atoms with Crippen LogP contribution in [0, 0.1) is 0 Å². The van der Waals surface area contributed by atoms with Gasteiger partial charge in [-0.3, -0.25) is 0 Å². The molecule has 1 aliphatic heterocycles. The van der Waals surface area contributed by atoms with Crippen molar-refractivity contribution in [2.45, 2.75) is 51.7 Å². The van der Waals surface area contributed by atoms with Gasteiger partial charge >= 0.3 is 12.1 Å². The molecule has 138 valence electrons. The van der Waals surface area contributed by atoms with Gasteiger partial charge in [0.1, 0.15) is 16.3 Å². The van der Waals surface area contributed by atoms with Gasteiger partial charge in [0.2, 0.25) is 0 Å². The van der Waals surface area contributed by atoms with E-state index in [-0.39, 0.29) is 22.9 Å². The molecule has 1 fully saturated rings. The Bertz CT molecular complexity index is 645. The molecule has 0 unspecified atom stereocenters. The zero-order valence-electron chi connectivity index (χ0n) is 14.7. The SMILES string of the molecule is CC(C)(C)OC(=O)N1CCC[C@@H](Nc2cc(Cl)ncc2C(=O)O)CC1. The second kappa shape index (κ2) is 7.91. The average molecular weight is 370 g/mol. The third-order valence-corrected chi connectivity index (χ3v) is 4.05. The summed E-state index contributed by atoms with van der Waals surface area (Å²) in [5, 5.41) is 12.7. The van der Waals surface area contributed by atoms with Gasteiger partial charge in [-0.25, -0.2) is 14.6 Å². The lowest BCUT2D eigenvalue weighted by Crippen LogP contribution is -2.37. The molecule has 2 rings (SSSR count). The summed E-state index contributed by atoms with van der Waals surface area (Å²) >= 11 is 5.88. The number of anilines is 1. The lowest BCUT2D eigenvalue weighted by Gasteiger charge is -2.26. The first-order chi connectivity index (χ1) is 11.7. The predicted octanol–water partition coefficient (Wildman–Crippen LogP) is 3.63. The summed E-state index contributed by atoms with van der Waals surface area (Å²) in [6.45, 7) is 6.69. The fraction of sp³-hybridized carbons (Fsp3) is 0.588. The molecule has 7 nitrogen and oxygen atoms in total. The Morgan fingerprint density at radius 2 is 2.08 bits per heavy atom. The lowest BCUT2D eigenvalue weighted by molar-refractivity contribution is 0.0256. The molecule has 0 aliphatic carbocycles. The Hall–Kier alpha value is -2.02. The monoisotopic (exact) mass is 369 g/mol. The summed E-state index contributed by atoms with van der Waals surface area (Å²) < 4.78 is 5.42. The van der Waals surface area contributed by atoms with Gasteiger partial charge in [0.25, 0.3) is 0 Å². The molecule has 0 saturated carbocycles. The Labute approximate surface area is 152 Å². The van der Waals surface area contributed by atoms with Gasteiger partial charge < -0.3 is 20.1 Å². The quantitative estimate of drug-likeness (QED) is 0.790. The van der Waals surface area contributed by atoms with E-state index in [9.17, 15) is 14.7 Å². The number of halogens is 1. The third-order valence-electron chi connectivity index (χ3n) is 3.84. The number of nitrogens with one attached hydrogen (secondary N) is 1. The first kappa shape index (κ1) is 19.3. The van der Waals surface area contributed by atoms with Crippen molar-refractivity contribution in [2.24, 2.45) is 0 Å². The molecule has 1 aromatic heterocycles. The van der Waals surface area contributed by atoms with Crippen LogP contribution < -0.4 is 5.32 Å². The highest BCUT2D eigenvalue weighted by atomic mass is 35.5. The van der Waals surface area contributed by atoms with Gasteiger partial charge in [-0.15, -0.1) is 0 Å². The van der Waals surface area contributed by atoms with E-state index in [0.717, 1.165) is 12.8 Å². The van der Waals surface area contributed by atoms with E-state index < -0.39 is 11.6 Å². The number of carboxylic acids is 1. The number of hydrogen-bond acceptors (Lipinski definition) is 5. The van der Waals surface area contributed by atoms with Gasteiger partial charge in [0.05, 0.1) is 5.69 Å². The fourth-order valence-corrected chi connectivity index (χ4v) is 2.85. The van der Waals surface area contributed by atoms with E-state index >= 15 is 0 Å². The highest BCUT2D eigenvalue weighted by Gasteiger charge is 2.25. The van der Waals surface area contributed by atoms with Crippen LogP contribution in [0.4, 0.5) is 10.5 Å². The molecule has 25 heavy (non-hydrogen) atoms. The number of hydrogen-bond donors (Lipinski definition) is 2. The van der Waals surface area contributed by atoms with Crippen molar-refractivity contribution in [3.05, 3.63) is 23.0 Å². The molecule has 1 amide bonds. The van der Waals surface area contributed by atoms with Gasteiger partial charge in [0.15, 0.2) is 0 Å². The maximum atomic E-state index is 12.2. The molecule has 0 radical (unpaired) electrons. The first-order valence-electron chi connectivity index (χ1n) is 8.29. The number of amides is 1. The summed E-state index contributed by atoms with van der Waals surface area (Å²) in [5.41, 5.74) is 0.00597. The van der Waals surface area contributed by atoms with E-state index in [4.69, 9.17) is 16.3 Å². The highest BCUT2D eigenvalue weighted by Crippen LogP contribution is 2.23. The van der Waals surface area contributed by atoms with E-state index in [1.165, 1.54) is 12.3 Å². The molecule has 2 heterocycles. The summed E-state index contributed by atoms with van der Waals surface area (Å²) in [6, 6.07) is 1.56. The van der Waals surface area contributed by atoms with Crippen molar-refractivity contribution in [2.75, 3.05) is 18.4 Å². The van der Waals surface area contributed by atoms with Crippen LogP contribution in [-0.2, 0) is 4.74 Å². The number of ether oxygens (including phenoxy) is 1. The Balaban J connectivity index is 2.01. The van der Waals surface area contributed by atoms with Crippen LogP contribution in [0.25, 0.3) is 0 Å². The molecule has 0 spiro atoms. The summed E-state index contributed by atoms with van der Waals surface area (Å²) in [6.07, 6.45) is 3.25. The average Bonchev–Trinajstić information content (AvgIpc) is 2.71. The molecule has 0 bridgehead atoms. The van der Waals surface area contributed by atoms with Crippen molar-refractivity contribution in [1.29, 1.82) is 0 Å². The van der Waals surface area contributed by atoms with E-state index in [0.29, 0.717) is 25.2 Å². The van der Waals surface area contributed by atoms with Crippen LogP contribution >= 0.6 is 11.6 Å². The highest BCUT2D eigenvalue weighted by molar-refractivity contribution is 6.29. The number of carbonyl (C=O) groups is 2. The van der Waals surface area contributed by atoms with Gasteiger partial charge in [-0.1, -0.05) is 11.6 Å². The maximum Gasteiger partial charge on any atom is 0.410 e. The van der Waals surface area contributed by atoms with Crippen molar-refractivity contribution < 1.29 is 19.4 Å². The number of carbonyl (C=O) groups excluding carboxylic acids is 1. The van der Waals surface area contributed by atoms with Crippen LogP contribution in [0.3, 0.4) is 0 Å². The predicted molar refractivity (Wildman–Crippen MR) is 95.3 cm³/mol. The molecule has 1 aliphatic rings. The molecule has 2 N–H and O–H groups in total. The standard InChI is InChI=1S/C17H24ClN3O4/c1-17(2,3)25-16(24)21-7-4-5-11(6-8-21)20-13-9-14(18)19-10-12(13)15(22)23/h9-11H,4-8H2,1-3H3,(H,19,20)(H,22,23)/t11-/m1/s1. The maximum absolute atomic E-state index is 12.2. The zero-order valence-corrected chi connectivity index (χ0v) is 15.5. The zero-order chi connectivity index (χ0) is 18.6. The molecule has 1 aromatic rings. The van der Waals surface area contributed by atoms with Crippen molar-refractivity contribution in [1.82, 2.24) is 9.88 Å². The number of likely N-dealkylation sites (tertiary alicyclic amines) is 1. The van der Waals surface area contributed by atoms with Gasteiger partial charge in [-0.2, -0.15) is 0 Å². The largest absolute Gasteiger partial charge is 0.478 e. The smallest absolute Gasteiger partial charge is 0.410 e. The van der Waals surface area contributed by atoms with E-state index in [1.54, 1.807) is 4.90 Å². The minimum Gasteiger partial charge on any atom is -0.478 e. The number of pyridine rings is 1. The number of aromatic nitrogens is 1. The Morgan fingerprint density at radius 1 is 1.36 bits per heavy atom. The Morgan fingerprint density at radius 3 is 2.72 bits per heavy atom. The topological polar surface area (TPSA) is 91.8 Å². The van der Waals surface area contributed by atoms with Crippen molar-refractivity contribution in [3.8, 4) is 0 Å². The van der Waals surface area contributed by atoms with Crippen molar-refractivity contribution in [3.63, 3.8) is 0 Å². The third kappa shape index (κ3) is 5.77. The van der Waals surface area contributed by atoms with Crippen molar-refractivity contribution >= 4 is 29.4 Å². The summed E-state index contributed by atoms with van der Waals surface area (Å²) in [4.78, 5) is 29.0. The summed E-state index contributed by atoms with van der Waals surface area (Å²) in [7, 11) is 0. The van der Waals surface area contributed by atoms with Crippen LogP contribution in [0.1, 0.15) is 50.4 Å². The van der Waals surface area contributed by atoms with Gasteiger partial charge in [-0.05, 0) is 46.1 Å². The van der Waals surface area contributed by atoms with Crippen LogP contribution in [0.5, 0.6) is 0 Å². The van der Waals surface area contributed by atoms with Gasteiger partial charge in [0, 0.05) is 25.3 Å². The Kier molecular flexibility index (Phi) is 6.11. The second-order valence-corrected chi connectivity index (χ2v) is 7.48. The number of nitrogens with zero attached hydrogens (tertiary/aromatic N) is 2. The molecule has 0 aromatic carbocycles. The number of rotatable bonds is 3. The molecular weight excluding hydrogens is 346 g/mol. The van der Waals surface area contributed by atoms with Crippen LogP contribution in [0.2, 0.25) is 5.15 Å². The normalized spacial score (nSPS) is 18.4. The van der Waals surface area contributed by atoms with E-state index in [2.05, 4.69) is 10.3 Å².